The van der Waals surface area contributed by atoms with Gasteiger partial charge in [0.05, 0.1) is 4.92 Å². The van der Waals surface area contributed by atoms with Crippen molar-refractivity contribution in [3.63, 3.8) is 0 Å². The number of carbonyl (C=O) groups excluding carboxylic acids is 2. The lowest BCUT2D eigenvalue weighted by atomic mass is 10.1. The van der Waals surface area contributed by atoms with Gasteiger partial charge in [0.1, 0.15) is 16.9 Å². The third-order valence-corrected chi connectivity index (χ3v) is 3.58. The molecule has 0 spiro atoms. The molecule has 0 aliphatic rings. The van der Waals surface area contributed by atoms with Crippen molar-refractivity contribution < 1.29 is 18.9 Å². The first-order chi connectivity index (χ1) is 11.8. The molecule has 2 aromatic rings. The van der Waals surface area contributed by atoms with Gasteiger partial charge < -0.3 is 10.6 Å². The molecule has 2 amide bonds. The largest absolute Gasteiger partial charge is 0.341 e. The first-order valence-electron chi connectivity index (χ1n) is 7.09. The molecule has 130 valence electrons. The van der Waals surface area contributed by atoms with E-state index in [-0.39, 0.29) is 10.6 Å². The quantitative estimate of drug-likeness (QED) is 0.627. The number of halogens is 2. The normalized spacial score (nSPS) is 11.5. The van der Waals surface area contributed by atoms with Crippen LogP contribution >= 0.6 is 11.6 Å². The van der Waals surface area contributed by atoms with E-state index >= 15 is 0 Å². The van der Waals surface area contributed by atoms with Crippen LogP contribution in [0.5, 0.6) is 0 Å². The fourth-order valence-electron chi connectivity index (χ4n) is 1.92. The van der Waals surface area contributed by atoms with Crippen LogP contribution in [0.4, 0.5) is 15.8 Å². The van der Waals surface area contributed by atoms with Crippen LogP contribution < -0.4 is 10.6 Å². The van der Waals surface area contributed by atoms with Crippen LogP contribution in [-0.4, -0.2) is 22.8 Å². The Labute approximate surface area is 146 Å². The molecule has 0 aromatic heterocycles. The van der Waals surface area contributed by atoms with Crippen LogP contribution in [0.25, 0.3) is 0 Å². The van der Waals surface area contributed by atoms with Crippen LogP contribution in [0, 0.1) is 15.9 Å². The van der Waals surface area contributed by atoms with Gasteiger partial charge in [0.15, 0.2) is 0 Å². The Bertz CT molecular complexity index is 827. The molecule has 0 aliphatic heterocycles. The van der Waals surface area contributed by atoms with Gasteiger partial charge in [-0.05, 0) is 43.3 Å². The van der Waals surface area contributed by atoms with E-state index in [1.54, 1.807) is 0 Å². The van der Waals surface area contributed by atoms with Crippen molar-refractivity contribution in [3.05, 3.63) is 69.0 Å². The van der Waals surface area contributed by atoms with Crippen LogP contribution in [-0.2, 0) is 4.79 Å². The molecule has 0 heterocycles. The van der Waals surface area contributed by atoms with Crippen molar-refractivity contribution in [1.82, 2.24) is 5.32 Å². The molecule has 0 bridgehead atoms. The molecule has 2 aromatic carbocycles. The molecule has 7 nitrogen and oxygen atoms in total. The summed E-state index contributed by atoms with van der Waals surface area (Å²) in [6.07, 6.45) is 0. The number of rotatable bonds is 5. The van der Waals surface area contributed by atoms with Crippen LogP contribution in [0.15, 0.2) is 42.5 Å². The summed E-state index contributed by atoms with van der Waals surface area (Å²) in [7, 11) is 0. The van der Waals surface area contributed by atoms with Gasteiger partial charge in [-0.2, -0.15) is 0 Å². The van der Waals surface area contributed by atoms with Crippen LogP contribution in [0.1, 0.15) is 17.3 Å². The van der Waals surface area contributed by atoms with Gasteiger partial charge in [0.25, 0.3) is 11.6 Å². The summed E-state index contributed by atoms with van der Waals surface area (Å²) in [6, 6.07) is 7.79. The number of nitro benzene ring substituents is 1. The van der Waals surface area contributed by atoms with Gasteiger partial charge in [0, 0.05) is 17.3 Å². The zero-order valence-electron chi connectivity index (χ0n) is 13.0. The van der Waals surface area contributed by atoms with E-state index < -0.39 is 34.3 Å². The monoisotopic (exact) mass is 365 g/mol. The van der Waals surface area contributed by atoms with Gasteiger partial charge in [0.2, 0.25) is 5.91 Å². The van der Waals surface area contributed by atoms with E-state index in [1.165, 1.54) is 43.3 Å². The predicted octanol–water partition coefficient (Wildman–Crippen LogP) is 3.14. The second-order valence-corrected chi connectivity index (χ2v) is 5.52. The molecule has 0 fully saturated rings. The first kappa shape index (κ1) is 18.3. The van der Waals surface area contributed by atoms with E-state index in [0.29, 0.717) is 5.69 Å². The van der Waals surface area contributed by atoms with Crippen molar-refractivity contribution in [3.8, 4) is 0 Å². The summed E-state index contributed by atoms with van der Waals surface area (Å²) in [5.41, 5.74) is -0.0371. The minimum Gasteiger partial charge on any atom is -0.341 e. The lowest BCUT2D eigenvalue weighted by Gasteiger charge is -2.14. The number of nitro groups is 1. The second-order valence-electron chi connectivity index (χ2n) is 5.11. The maximum absolute atomic E-state index is 12.8. The average Bonchev–Trinajstić information content (AvgIpc) is 2.56. The number of carbonyl (C=O) groups is 2. The average molecular weight is 366 g/mol. The zero-order chi connectivity index (χ0) is 18.6. The Morgan fingerprint density at radius 3 is 2.44 bits per heavy atom. The lowest BCUT2D eigenvalue weighted by Crippen LogP contribution is -2.41. The fraction of sp³-hybridized carbons (Fsp3) is 0.125. The van der Waals surface area contributed by atoms with Gasteiger partial charge >= 0.3 is 0 Å². The summed E-state index contributed by atoms with van der Waals surface area (Å²) in [5.74, 6) is -1.63. The Balaban J connectivity index is 2.04. The smallest absolute Gasteiger partial charge is 0.288 e. The molecule has 0 saturated heterocycles. The maximum Gasteiger partial charge on any atom is 0.288 e. The standard InChI is InChI=1S/C16H13ClFN3O4/c1-9(15(22)20-12-5-3-11(18)4-6-12)19-16(23)10-2-7-13(17)14(8-10)21(24)25/h2-9H,1H3,(H,19,23)(H,20,22)/t9-/m0/s1. The summed E-state index contributed by atoms with van der Waals surface area (Å²) < 4.78 is 12.8. The highest BCUT2D eigenvalue weighted by Gasteiger charge is 2.20. The van der Waals surface area contributed by atoms with E-state index in [2.05, 4.69) is 10.6 Å². The molecule has 2 N–H and O–H groups in total. The Morgan fingerprint density at radius 2 is 1.84 bits per heavy atom. The van der Waals surface area contributed by atoms with Crippen molar-refractivity contribution >= 4 is 34.8 Å². The summed E-state index contributed by atoms with van der Waals surface area (Å²) >= 11 is 5.69. The first-order valence-corrected chi connectivity index (χ1v) is 7.47. The topological polar surface area (TPSA) is 101 Å². The molecule has 1 atom stereocenters. The number of amides is 2. The minimum absolute atomic E-state index is 0.00229. The van der Waals surface area contributed by atoms with E-state index in [1.807, 2.05) is 0 Å². The number of nitrogens with one attached hydrogen (secondary N) is 2. The van der Waals surface area contributed by atoms with Crippen molar-refractivity contribution in [2.24, 2.45) is 0 Å². The molecule has 9 heteroatoms. The highest BCUT2D eigenvalue weighted by molar-refractivity contribution is 6.32. The Kier molecular flexibility index (Phi) is 5.66. The maximum atomic E-state index is 12.8. The highest BCUT2D eigenvalue weighted by Crippen LogP contribution is 2.25. The third-order valence-electron chi connectivity index (χ3n) is 3.26. The van der Waals surface area contributed by atoms with Crippen LogP contribution in [0.3, 0.4) is 0 Å². The third kappa shape index (κ3) is 4.74. The van der Waals surface area contributed by atoms with E-state index in [9.17, 15) is 24.1 Å². The van der Waals surface area contributed by atoms with E-state index in [4.69, 9.17) is 11.6 Å². The van der Waals surface area contributed by atoms with Crippen molar-refractivity contribution in [2.45, 2.75) is 13.0 Å². The molecule has 25 heavy (non-hydrogen) atoms. The number of hydrogen-bond donors (Lipinski definition) is 2. The number of hydrogen-bond acceptors (Lipinski definition) is 4. The molecular weight excluding hydrogens is 353 g/mol. The number of anilines is 1. The fourth-order valence-corrected chi connectivity index (χ4v) is 2.11. The van der Waals surface area contributed by atoms with Crippen molar-refractivity contribution in [1.29, 1.82) is 0 Å². The second kappa shape index (κ2) is 7.71. The zero-order valence-corrected chi connectivity index (χ0v) is 13.7. The molecule has 0 unspecified atom stereocenters. The predicted molar refractivity (Wildman–Crippen MR) is 90.1 cm³/mol. The van der Waals surface area contributed by atoms with Gasteiger partial charge in [-0.3, -0.25) is 19.7 Å². The molecule has 0 saturated carbocycles. The summed E-state index contributed by atoms with van der Waals surface area (Å²) in [6.45, 7) is 1.45. The number of nitrogens with zero attached hydrogens (tertiary/aromatic N) is 1. The molecule has 2 rings (SSSR count). The Hall–Kier alpha value is -3.00. The lowest BCUT2D eigenvalue weighted by molar-refractivity contribution is -0.384. The SMILES string of the molecule is C[C@H](NC(=O)c1ccc(Cl)c([N+](=O)[O-])c1)C(=O)Nc1ccc(F)cc1. The Morgan fingerprint density at radius 1 is 1.20 bits per heavy atom. The molecule has 0 radical (unpaired) electrons. The summed E-state index contributed by atoms with van der Waals surface area (Å²) in [4.78, 5) is 34.3. The van der Waals surface area contributed by atoms with Crippen LogP contribution in [0.2, 0.25) is 5.02 Å². The van der Waals surface area contributed by atoms with E-state index in [0.717, 1.165) is 6.07 Å². The minimum atomic E-state index is -0.924. The molecule has 0 aliphatic carbocycles. The molecular formula is C16H13ClFN3O4. The van der Waals surface area contributed by atoms with Gasteiger partial charge in [-0.25, -0.2) is 4.39 Å². The van der Waals surface area contributed by atoms with Gasteiger partial charge in [-0.15, -0.1) is 0 Å². The van der Waals surface area contributed by atoms with Crippen molar-refractivity contribution in [2.75, 3.05) is 5.32 Å². The van der Waals surface area contributed by atoms with Gasteiger partial charge in [-0.1, -0.05) is 11.6 Å². The summed E-state index contributed by atoms with van der Waals surface area (Å²) in [5, 5.41) is 15.7. The number of benzene rings is 2. The highest BCUT2D eigenvalue weighted by atomic mass is 35.5.